The Morgan fingerprint density at radius 3 is 2.35 bits per heavy atom. The third-order valence-electron chi connectivity index (χ3n) is 5.41. The molecule has 0 aromatic heterocycles. The Labute approximate surface area is 179 Å². The standard InChI is InChI=1S/C23H25FN2O5/c1-22(2)30-19-18(12-25-20(27)16-8-10-17(24)11-9-16)29-14-23(19,31-22)13-26-21(28)15-6-4-3-5-7-15/h3-11,18-19H,12-14H2,1-2H3,(H,25,27)(H,26,28)/t18-,19-,23+/m1/s1. The molecule has 0 unspecified atom stereocenters. The van der Waals surface area contributed by atoms with Crippen LogP contribution in [0.3, 0.4) is 0 Å². The van der Waals surface area contributed by atoms with E-state index < -0.39 is 29.4 Å². The van der Waals surface area contributed by atoms with Crippen LogP contribution in [0.4, 0.5) is 4.39 Å². The Morgan fingerprint density at radius 1 is 1.00 bits per heavy atom. The summed E-state index contributed by atoms with van der Waals surface area (Å²) in [4.78, 5) is 24.9. The van der Waals surface area contributed by atoms with Crippen molar-refractivity contribution in [3.63, 3.8) is 0 Å². The van der Waals surface area contributed by atoms with Gasteiger partial charge in [-0.15, -0.1) is 0 Å². The average molecular weight is 428 g/mol. The fourth-order valence-corrected chi connectivity index (χ4v) is 4.02. The van der Waals surface area contributed by atoms with Gasteiger partial charge in [0.1, 0.15) is 23.6 Å². The minimum atomic E-state index is -0.862. The minimum Gasteiger partial charge on any atom is -0.370 e. The van der Waals surface area contributed by atoms with Crippen molar-refractivity contribution in [3.05, 3.63) is 71.5 Å². The summed E-state index contributed by atoms with van der Waals surface area (Å²) < 4.78 is 31.2. The second kappa shape index (κ2) is 8.37. The normalized spacial score (nSPS) is 26.3. The van der Waals surface area contributed by atoms with Gasteiger partial charge in [-0.1, -0.05) is 18.2 Å². The van der Waals surface area contributed by atoms with Gasteiger partial charge in [-0.2, -0.15) is 0 Å². The van der Waals surface area contributed by atoms with Gasteiger partial charge in [0, 0.05) is 17.7 Å². The maximum Gasteiger partial charge on any atom is 0.251 e. The monoisotopic (exact) mass is 428 g/mol. The van der Waals surface area contributed by atoms with Crippen LogP contribution in [0.5, 0.6) is 0 Å². The molecule has 0 radical (unpaired) electrons. The molecule has 0 aliphatic carbocycles. The van der Waals surface area contributed by atoms with Crippen LogP contribution in [0.2, 0.25) is 0 Å². The summed E-state index contributed by atoms with van der Waals surface area (Å²) in [6, 6.07) is 14.2. The molecule has 2 amide bonds. The minimum absolute atomic E-state index is 0.189. The lowest BCUT2D eigenvalue weighted by Gasteiger charge is -2.27. The highest BCUT2D eigenvalue weighted by atomic mass is 19.1. The van der Waals surface area contributed by atoms with Gasteiger partial charge in [0.2, 0.25) is 0 Å². The highest BCUT2D eigenvalue weighted by Crippen LogP contribution is 2.43. The van der Waals surface area contributed by atoms with Gasteiger partial charge in [0.25, 0.3) is 11.8 Å². The molecule has 2 N–H and O–H groups in total. The molecule has 0 spiro atoms. The van der Waals surface area contributed by atoms with Crippen LogP contribution >= 0.6 is 0 Å². The number of hydrogen-bond acceptors (Lipinski definition) is 5. The van der Waals surface area contributed by atoms with E-state index in [1.54, 1.807) is 38.1 Å². The van der Waals surface area contributed by atoms with Crippen molar-refractivity contribution in [1.29, 1.82) is 0 Å². The van der Waals surface area contributed by atoms with Crippen molar-refractivity contribution in [2.45, 2.75) is 37.4 Å². The highest BCUT2D eigenvalue weighted by molar-refractivity contribution is 5.94. The maximum absolute atomic E-state index is 13.1. The van der Waals surface area contributed by atoms with Gasteiger partial charge >= 0.3 is 0 Å². The Morgan fingerprint density at radius 2 is 1.65 bits per heavy atom. The molecule has 2 heterocycles. The smallest absolute Gasteiger partial charge is 0.251 e. The predicted molar refractivity (Wildman–Crippen MR) is 110 cm³/mol. The molecule has 2 aromatic carbocycles. The largest absolute Gasteiger partial charge is 0.370 e. The zero-order chi connectivity index (χ0) is 22.1. The zero-order valence-corrected chi connectivity index (χ0v) is 17.4. The number of benzene rings is 2. The number of halogens is 1. The summed E-state index contributed by atoms with van der Waals surface area (Å²) in [5.74, 6) is -1.81. The average Bonchev–Trinajstić information content (AvgIpc) is 3.21. The molecular formula is C23H25FN2O5. The second-order valence-corrected chi connectivity index (χ2v) is 8.22. The predicted octanol–water partition coefficient (Wildman–Crippen LogP) is 2.27. The van der Waals surface area contributed by atoms with E-state index in [9.17, 15) is 14.0 Å². The molecule has 8 heteroatoms. The van der Waals surface area contributed by atoms with E-state index in [2.05, 4.69) is 10.6 Å². The molecule has 2 fully saturated rings. The van der Waals surface area contributed by atoms with E-state index in [0.29, 0.717) is 11.1 Å². The lowest BCUT2D eigenvalue weighted by atomic mass is 9.96. The summed E-state index contributed by atoms with van der Waals surface area (Å²) in [5.41, 5.74) is 0.0412. The molecule has 4 rings (SSSR count). The lowest BCUT2D eigenvalue weighted by molar-refractivity contribution is -0.188. The van der Waals surface area contributed by atoms with Gasteiger partial charge in [0.05, 0.1) is 13.2 Å². The van der Waals surface area contributed by atoms with E-state index in [0.717, 1.165) is 0 Å². The van der Waals surface area contributed by atoms with Crippen LogP contribution in [-0.2, 0) is 14.2 Å². The van der Waals surface area contributed by atoms with Crippen molar-refractivity contribution < 1.29 is 28.2 Å². The molecule has 7 nitrogen and oxygen atoms in total. The summed E-state index contributed by atoms with van der Waals surface area (Å²) in [6.07, 6.45) is -0.938. The third kappa shape index (κ3) is 4.61. The van der Waals surface area contributed by atoms with Crippen LogP contribution in [0.15, 0.2) is 54.6 Å². The molecule has 3 atom stereocenters. The first-order valence-corrected chi connectivity index (χ1v) is 10.1. The van der Waals surface area contributed by atoms with Gasteiger partial charge in [0.15, 0.2) is 5.79 Å². The molecular weight excluding hydrogens is 403 g/mol. The first-order chi connectivity index (χ1) is 14.8. The fourth-order valence-electron chi connectivity index (χ4n) is 4.02. The summed E-state index contributed by atoms with van der Waals surface area (Å²) >= 11 is 0. The van der Waals surface area contributed by atoms with E-state index in [1.165, 1.54) is 24.3 Å². The molecule has 31 heavy (non-hydrogen) atoms. The maximum atomic E-state index is 13.1. The number of rotatable bonds is 6. The second-order valence-electron chi connectivity index (χ2n) is 8.22. The Bertz CT molecular complexity index is 950. The van der Waals surface area contributed by atoms with Crippen molar-refractivity contribution in [2.24, 2.45) is 0 Å². The SMILES string of the molecule is CC1(C)O[C@@H]2[C@@H](CNC(=O)c3ccc(F)cc3)OC[C@]2(CNC(=O)c2ccccc2)O1. The molecule has 2 aromatic rings. The highest BCUT2D eigenvalue weighted by Gasteiger charge is 2.61. The van der Waals surface area contributed by atoms with E-state index >= 15 is 0 Å². The number of ether oxygens (including phenoxy) is 3. The van der Waals surface area contributed by atoms with Crippen LogP contribution < -0.4 is 10.6 Å². The summed E-state index contributed by atoms with van der Waals surface area (Å²) in [5, 5.41) is 5.71. The first kappa shape index (κ1) is 21.4. The van der Waals surface area contributed by atoms with Crippen LogP contribution in [0, 0.1) is 5.82 Å². The van der Waals surface area contributed by atoms with Crippen LogP contribution in [0.1, 0.15) is 34.6 Å². The Kier molecular flexibility index (Phi) is 5.79. The van der Waals surface area contributed by atoms with Gasteiger partial charge in [-0.05, 0) is 50.2 Å². The Balaban J connectivity index is 1.40. The number of hydrogen-bond donors (Lipinski definition) is 2. The van der Waals surface area contributed by atoms with Crippen molar-refractivity contribution in [2.75, 3.05) is 19.7 Å². The number of carbonyl (C=O) groups is 2. The van der Waals surface area contributed by atoms with Gasteiger partial charge in [-0.3, -0.25) is 9.59 Å². The fraction of sp³-hybridized carbons (Fsp3) is 0.391. The first-order valence-electron chi connectivity index (χ1n) is 10.1. The molecule has 164 valence electrons. The number of fused-ring (bicyclic) bond motifs is 1. The number of carbonyl (C=O) groups excluding carboxylic acids is 2. The number of nitrogens with one attached hydrogen (secondary N) is 2. The quantitative estimate of drug-likeness (QED) is 0.737. The topological polar surface area (TPSA) is 85.9 Å². The van der Waals surface area contributed by atoms with Crippen molar-refractivity contribution in [1.82, 2.24) is 10.6 Å². The molecule has 0 bridgehead atoms. The van der Waals surface area contributed by atoms with E-state index in [4.69, 9.17) is 14.2 Å². The number of amides is 2. The van der Waals surface area contributed by atoms with Gasteiger partial charge in [-0.25, -0.2) is 4.39 Å². The third-order valence-corrected chi connectivity index (χ3v) is 5.41. The van der Waals surface area contributed by atoms with Crippen molar-refractivity contribution >= 4 is 11.8 Å². The Hall–Kier alpha value is -2.81. The summed E-state index contributed by atoms with van der Waals surface area (Å²) in [7, 11) is 0. The lowest BCUT2D eigenvalue weighted by Crippen LogP contribution is -2.52. The molecule has 2 aliphatic heterocycles. The molecule has 0 saturated carbocycles. The summed E-state index contributed by atoms with van der Waals surface area (Å²) in [6.45, 7) is 4.22. The molecule has 2 saturated heterocycles. The van der Waals surface area contributed by atoms with E-state index in [1.807, 2.05) is 6.07 Å². The van der Waals surface area contributed by atoms with Crippen LogP contribution in [-0.4, -0.2) is 55.1 Å². The van der Waals surface area contributed by atoms with Gasteiger partial charge < -0.3 is 24.8 Å². The van der Waals surface area contributed by atoms with Crippen molar-refractivity contribution in [3.8, 4) is 0 Å². The van der Waals surface area contributed by atoms with Crippen LogP contribution in [0.25, 0.3) is 0 Å². The molecule has 2 aliphatic rings. The zero-order valence-electron chi connectivity index (χ0n) is 17.4. The van der Waals surface area contributed by atoms with E-state index in [-0.39, 0.29) is 31.5 Å².